The van der Waals surface area contributed by atoms with Gasteiger partial charge in [0.2, 0.25) is 0 Å². The van der Waals surface area contributed by atoms with Crippen LogP contribution in [0.3, 0.4) is 0 Å². The summed E-state index contributed by atoms with van der Waals surface area (Å²) < 4.78 is 0. The number of nitrogens with zero attached hydrogens (tertiary/aromatic N) is 2. The van der Waals surface area contributed by atoms with Gasteiger partial charge in [-0.2, -0.15) is 0 Å². The Bertz CT molecular complexity index is 241. The Kier molecular flexibility index (Phi) is 7.32. The van der Waals surface area contributed by atoms with Crippen LogP contribution in [0.1, 0.15) is 52.4 Å². The van der Waals surface area contributed by atoms with E-state index < -0.39 is 0 Å². The molecule has 0 amide bonds. The quantitative estimate of drug-likeness (QED) is 0.724. The summed E-state index contributed by atoms with van der Waals surface area (Å²) in [5.74, 6) is 0.773. The first-order valence-electron chi connectivity index (χ1n) is 8.93. The summed E-state index contributed by atoms with van der Waals surface area (Å²) in [4.78, 5) is 5.45. The van der Waals surface area contributed by atoms with Crippen LogP contribution in [-0.4, -0.2) is 61.7 Å². The van der Waals surface area contributed by atoms with E-state index in [1.165, 1.54) is 77.8 Å². The molecule has 0 radical (unpaired) electrons. The van der Waals surface area contributed by atoms with E-state index in [1.54, 1.807) is 0 Å². The molecule has 0 bridgehead atoms. The standard InChI is InChI=1S/C17H35N3/c1-16(2)15-18-9-6-10-19-13-7-17(8-14-19)20-11-4-3-5-12-20/h16-18H,3-15H2,1-2H3. The molecule has 1 N–H and O–H groups in total. The lowest BCUT2D eigenvalue weighted by Gasteiger charge is -2.40. The largest absolute Gasteiger partial charge is 0.316 e. The fourth-order valence-electron chi connectivity index (χ4n) is 3.61. The third kappa shape index (κ3) is 5.71. The van der Waals surface area contributed by atoms with Crippen LogP contribution in [-0.2, 0) is 0 Å². The van der Waals surface area contributed by atoms with Crippen molar-refractivity contribution in [1.82, 2.24) is 15.1 Å². The minimum Gasteiger partial charge on any atom is -0.316 e. The molecule has 0 aromatic carbocycles. The van der Waals surface area contributed by atoms with Crippen LogP contribution in [0.2, 0.25) is 0 Å². The van der Waals surface area contributed by atoms with E-state index >= 15 is 0 Å². The second-order valence-corrected chi connectivity index (χ2v) is 7.12. The van der Waals surface area contributed by atoms with Gasteiger partial charge >= 0.3 is 0 Å². The number of nitrogens with one attached hydrogen (secondary N) is 1. The van der Waals surface area contributed by atoms with Crippen molar-refractivity contribution in [2.24, 2.45) is 5.92 Å². The molecule has 0 aromatic heterocycles. The predicted octanol–water partition coefficient (Wildman–Crippen LogP) is 2.57. The Hall–Kier alpha value is -0.120. The Labute approximate surface area is 126 Å². The summed E-state index contributed by atoms with van der Waals surface area (Å²) in [6, 6.07) is 0.894. The summed E-state index contributed by atoms with van der Waals surface area (Å²) in [5.41, 5.74) is 0. The van der Waals surface area contributed by atoms with Crippen molar-refractivity contribution in [3.05, 3.63) is 0 Å². The van der Waals surface area contributed by atoms with Gasteiger partial charge in [-0.3, -0.25) is 0 Å². The van der Waals surface area contributed by atoms with Crippen molar-refractivity contribution in [3.8, 4) is 0 Å². The van der Waals surface area contributed by atoms with Gasteiger partial charge in [0.1, 0.15) is 0 Å². The van der Waals surface area contributed by atoms with Gasteiger partial charge in [-0.25, -0.2) is 0 Å². The van der Waals surface area contributed by atoms with Gasteiger partial charge in [0.15, 0.2) is 0 Å². The van der Waals surface area contributed by atoms with Crippen molar-refractivity contribution < 1.29 is 0 Å². The molecule has 2 fully saturated rings. The van der Waals surface area contributed by atoms with Gasteiger partial charge in [0.05, 0.1) is 0 Å². The van der Waals surface area contributed by atoms with Gasteiger partial charge < -0.3 is 15.1 Å². The molecule has 0 unspecified atom stereocenters. The SMILES string of the molecule is CC(C)CNCCCN1CCC(N2CCCCC2)CC1. The van der Waals surface area contributed by atoms with Crippen molar-refractivity contribution in [2.75, 3.05) is 45.8 Å². The Morgan fingerprint density at radius 1 is 1.00 bits per heavy atom. The van der Waals surface area contributed by atoms with Crippen LogP contribution < -0.4 is 5.32 Å². The van der Waals surface area contributed by atoms with E-state index in [0.29, 0.717) is 0 Å². The highest BCUT2D eigenvalue weighted by atomic mass is 15.2. The first-order chi connectivity index (χ1) is 9.75. The van der Waals surface area contributed by atoms with Crippen LogP contribution in [0.4, 0.5) is 0 Å². The van der Waals surface area contributed by atoms with Crippen LogP contribution >= 0.6 is 0 Å². The predicted molar refractivity (Wildman–Crippen MR) is 87.2 cm³/mol. The first-order valence-corrected chi connectivity index (χ1v) is 8.93. The average molecular weight is 281 g/mol. The van der Waals surface area contributed by atoms with Gasteiger partial charge in [0.25, 0.3) is 0 Å². The highest BCUT2D eigenvalue weighted by molar-refractivity contribution is 4.81. The third-order valence-electron chi connectivity index (χ3n) is 4.84. The average Bonchev–Trinajstić information content (AvgIpc) is 2.48. The van der Waals surface area contributed by atoms with Crippen molar-refractivity contribution >= 4 is 0 Å². The minimum absolute atomic E-state index is 0.773. The molecule has 3 nitrogen and oxygen atoms in total. The van der Waals surface area contributed by atoms with E-state index in [0.717, 1.165) is 18.5 Å². The molecular weight excluding hydrogens is 246 g/mol. The molecule has 0 atom stereocenters. The maximum absolute atomic E-state index is 3.55. The van der Waals surface area contributed by atoms with Gasteiger partial charge in [0, 0.05) is 6.04 Å². The normalized spacial score (nSPS) is 23.6. The molecule has 20 heavy (non-hydrogen) atoms. The third-order valence-corrected chi connectivity index (χ3v) is 4.84. The van der Waals surface area contributed by atoms with Crippen molar-refractivity contribution in [2.45, 2.75) is 58.4 Å². The number of piperidine rings is 2. The molecule has 0 aliphatic carbocycles. The molecule has 2 aliphatic rings. The molecule has 0 spiro atoms. The highest BCUT2D eigenvalue weighted by Gasteiger charge is 2.24. The molecule has 118 valence electrons. The molecule has 2 saturated heterocycles. The second kappa shape index (κ2) is 9.01. The minimum atomic E-state index is 0.773. The van der Waals surface area contributed by atoms with Crippen molar-refractivity contribution in [3.63, 3.8) is 0 Å². The molecule has 0 saturated carbocycles. The molecular formula is C17H35N3. The van der Waals surface area contributed by atoms with E-state index in [4.69, 9.17) is 0 Å². The van der Waals surface area contributed by atoms with Crippen LogP contribution in [0.15, 0.2) is 0 Å². The Morgan fingerprint density at radius 3 is 2.35 bits per heavy atom. The first kappa shape index (κ1) is 16.3. The highest BCUT2D eigenvalue weighted by Crippen LogP contribution is 2.20. The number of rotatable bonds is 7. The van der Waals surface area contributed by atoms with Crippen LogP contribution in [0, 0.1) is 5.92 Å². The molecule has 3 heteroatoms. The summed E-state index contributed by atoms with van der Waals surface area (Å²) in [6.45, 7) is 13.6. The number of hydrogen-bond donors (Lipinski definition) is 1. The molecule has 0 aromatic rings. The molecule has 2 aliphatic heterocycles. The summed E-state index contributed by atoms with van der Waals surface area (Å²) in [7, 11) is 0. The topological polar surface area (TPSA) is 18.5 Å². The molecule has 2 heterocycles. The maximum Gasteiger partial charge on any atom is 0.0120 e. The smallest absolute Gasteiger partial charge is 0.0120 e. The zero-order valence-corrected chi connectivity index (χ0v) is 13.7. The lowest BCUT2D eigenvalue weighted by Crippen LogP contribution is -2.47. The monoisotopic (exact) mass is 281 g/mol. The van der Waals surface area contributed by atoms with Gasteiger partial charge in [-0.05, 0) is 83.8 Å². The van der Waals surface area contributed by atoms with Gasteiger partial charge in [-0.1, -0.05) is 20.3 Å². The van der Waals surface area contributed by atoms with Crippen molar-refractivity contribution in [1.29, 1.82) is 0 Å². The van der Waals surface area contributed by atoms with Crippen LogP contribution in [0.25, 0.3) is 0 Å². The van der Waals surface area contributed by atoms with Gasteiger partial charge in [-0.15, -0.1) is 0 Å². The fraction of sp³-hybridized carbons (Fsp3) is 1.00. The lowest BCUT2D eigenvalue weighted by atomic mass is 10.00. The maximum atomic E-state index is 3.55. The van der Waals surface area contributed by atoms with Crippen LogP contribution in [0.5, 0.6) is 0 Å². The zero-order valence-electron chi connectivity index (χ0n) is 13.7. The van der Waals surface area contributed by atoms with E-state index in [9.17, 15) is 0 Å². The Balaban J connectivity index is 1.52. The summed E-state index contributed by atoms with van der Waals surface area (Å²) in [5, 5.41) is 3.55. The van der Waals surface area contributed by atoms with E-state index in [-0.39, 0.29) is 0 Å². The molecule has 2 rings (SSSR count). The fourth-order valence-corrected chi connectivity index (χ4v) is 3.61. The summed E-state index contributed by atoms with van der Waals surface area (Å²) >= 11 is 0. The van der Waals surface area contributed by atoms with E-state index in [1.807, 2.05) is 0 Å². The zero-order chi connectivity index (χ0) is 14.2. The number of likely N-dealkylation sites (tertiary alicyclic amines) is 2. The number of hydrogen-bond acceptors (Lipinski definition) is 3. The summed E-state index contributed by atoms with van der Waals surface area (Å²) in [6.07, 6.45) is 8.43. The van der Waals surface area contributed by atoms with E-state index in [2.05, 4.69) is 29.0 Å². The Morgan fingerprint density at radius 2 is 1.70 bits per heavy atom. The second-order valence-electron chi connectivity index (χ2n) is 7.12. The lowest BCUT2D eigenvalue weighted by molar-refractivity contribution is 0.0921.